The van der Waals surface area contributed by atoms with Crippen LogP contribution in [0.4, 0.5) is 5.69 Å². The first kappa shape index (κ1) is 19.2. The molecule has 28 heavy (non-hydrogen) atoms. The number of phenols is 1. The Morgan fingerprint density at radius 2 is 2.14 bits per heavy atom. The van der Waals surface area contributed by atoms with Gasteiger partial charge in [0.25, 0.3) is 0 Å². The number of phenolic OH excluding ortho intramolecular Hbond substituents is 1. The van der Waals surface area contributed by atoms with Gasteiger partial charge in [-0.15, -0.1) is 0 Å². The molecular formula is C18H17N5O4S. The van der Waals surface area contributed by atoms with Gasteiger partial charge in [-0.2, -0.15) is 14.9 Å². The molecule has 0 aliphatic carbocycles. The maximum Gasteiger partial charge on any atom is 0.311 e. The van der Waals surface area contributed by atoms with E-state index in [4.69, 9.17) is 17.0 Å². The molecule has 9 nitrogen and oxygen atoms in total. The third kappa shape index (κ3) is 4.23. The first-order valence-electron chi connectivity index (χ1n) is 8.23. The van der Waals surface area contributed by atoms with E-state index in [1.54, 1.807) is 0 Å². The van der Waals surface area contributed by atoms with Gasteiger partial charge in [-0.25, -0.2) is 5.10 Å². The lowest BCUT2D eigenvalue weighted by Gasteiger charge is -2.09. The van der Waals surface area contributed by atoms with Gasteiger partial charge in [0.1, 0.15) is 12.4 Å². The summed E-state index contributed by atoms with van der Waals surface area (Å²) in [6, 6.07) is 9.81. The lowest BCUT2D eigenvalue weighted by atomic mass is 10.1. The summed E-state index contributed by atoms with van der Waals surface area (Å²) in [7, 11) is 0. The molecule has 2 aromatic carbocycles. The predicted octanol–water partition coefficient (Wildman–Crippen LogP) is 3.63. The summed E-state index contributed by atoms with van der Waals surface area (Å²) >= 11 is 5.18. The van der Waals surface area contributed by atoms with E-state index in [0.29, 0.717) is 11.4 Å². The normalized spacial score (nSPS) is 11.1. The largest absolute Gasteiger partial charge is 0.502 e. The van der Waals surface area contributed by atoms with Gasteiger partial charge in [-0.05, 0) is 49.8 Å². The van der Waals surface area contributed by atoms with Crippen LogP contribution in [0.1, 0.15) is 22.5 Å². The van der Waals surface area contributed by atoms with E-state index in [9.17, 15) is 15.2 Å². The van der Waals surface area contributed by atoms with E-state index in [2.05, 4.69) is 15.3 Å². The van der Waals surface area contributed by atoms with Gasteiger partial charge in [-0.3, -0.25) is 10.1 Å². The van der Waals surface area contributed by atoms with E-state index < -0.39 is 16.4 Å². The minimum Gasteiger partial charge on any atom is -0.502 e. The van der Waals surface area contributed by atoms with Crippen LogP contribution < -0.4 is 4.74 Å². The van der Waals surface area contributed by atoms with E-state index in [1.165, 1.54) is 29.1 Å². The molecule has 3 aromatic rings. The maximum absolute atomic E-state index is 10.9. The second-order valence-electron chi connectivity index (χ2n) is 6.06. The molecule has 0 spiro atoms. The monoisotopic (exact) mass is 399 g/mol. The van der Waals surface area contributed by atoms with E-state index in [0.717, 1.165) is 16.9 Å². The van der Waals surface area contributed by atoms with Gasteiger partial charge >= 0.3 is 5.69 Å². The van der Waals surface area contributed by atoms with Crippen LogP contribution in [0.5, 0.6) is 11.5 Å². The summed E-state index contributed by atoms with van der Waals surface area (Å²) in [6.45, 7) is 4.09. The molecule has 0 saturated carbocycles. The smallest absolute Gasteiger partial charge is 0.311 e. The average molecular weight is 399 g/mol. The summed E-state index contributed by atoms with van der Waals surface area (Å²) in [6.07, 6.45) is 1.39. The fourth-order valence-electron chi connectivity index (χ4n) is 2.53. The Kier molecular flexibility index (Phi) is 5.50. The molecule has 0 atom stereocenters. The highest BCUT2D eigenvalue weighted by Gasteiger charge is 2.13. The van der Waals surface area contributed by atoms with Crippen molar-refractivity contribution in [1.29, 1.82) is 0 Å². The van der Waals surface area contributed by atoms with E-state index in [1.807, 2.05) is 32.0 Å². The second kappa shape index (κ2) is 8.01. The lowest BCUT2D eigenvalue weighted by Crippen LogP contribution is -2.05. The second-order valence-corrected chi connectivity index (χ2v) is 6.45. The standard InChI is InChI=1S/C18H17N5O4S/c1-11-3-6-16(12(2)7-11)27-10-17-20-21-18(28)22(17)19-9-13-4-5-15(24)14(8-13)23(25)26/h3-9,24H,10H2,1-2H3,(H,21,28)/b19-9-. The molecular weight excluding hydrogens is 382 g/mol. The number of nitro groups is 1. The minimum atomic E-state index is -0.667. The zero-order chi connectivity index (χ0) is 20.3. The Labute approximate surface area is 165 Å². The van der Waals surface area contributed by atoms with E-state index >= 15 is 0 Å². The van der Waals surface area contributed by atoms with Crippen molar-refractivity contribution in [3.63, 3.8) is 0 Å². The van der Waals surface area contributed by atoms with Crippen LogP contribution in [-0.4, -0.2) is 31.1 Å². The number of hydrogen-bond acceptors (Lipinski definition) is 7. The average Bonchev–Trinajstić information content (AvgIpc) is 3.00. The number of nitrogens with one attached hydrogen (secondary N) is 1. The molecule has 0 aliphatic rings. The van der Waals surface area contributed by atoms with E-state index in [-0.39, 0.29) is 11.4 Å². The van der Waals surface area contributed by atoms with Crippen LogP contribution in [0.15, 0.2) is 41.5 Å². The van der Waals surface area contributed by atoms with Crippen LogP contribution in [0.3, 0.4) is 0 Å². The van der Waals surface area contributed by atoms with Crippen molar-refractivity contribution in [3.05, 3.63) is 73.8 Å². The van der Waals surface area contributed by atoms with Gasteiger partial charge in [0.05, 0.1) is 11.1 Å². The minimum absolute atomic E-state index is 0.129. The molecule has 0 radical (unpaired) electrons. The van der Waals surface area contributed by atoms with Crippen molar-refractivity contribution in [3.8, 4) is 11.5 Å². The number of aryl methyl sites for hydroxylation is 2. The quantitative estimate of drug-likeness (QED) is 0.283. The van der Waals surface area contributed by atoms with Crippen molar-refractivity contribution < 1.29 is 14.8 Å². The third-order valence-corrected chi connectivity index (χ3v) is 4.19. The lowest BCUT2D eigenvalue weighted by molar-refractivity contribution is -0.385. The molecule has 1 heterocycles. The Morgan fingerprint density at radius 1 is 1.36 bits per heavy atom. The van der Waals surface area contributed by atoms with Crippen molar-refractivity contribution in [2.45, 2.75) is 20.5 Å². The number of aromatic hydroxyl groups is 1. The number of benzene rings is 2. The zero-order valence-electron chi connectivity index (χ0n) is 15.1. The molecule has 0 bridgehead atoms. The van der Waals surface area contributed by atoms with Gasteiger partial charge < -0.3 is 9.84 Å². The molecule has 144 valence electrons. The van der Waals surface area contributed by atoms with Gasteiger partial charge in [0, 0.05) is 11.6 Å². The number of H-pyrrole nitrogens is 1. The van der Waals surface area contributed by atoms with Crippen molar-refractivity contribution >= 4 is 24.1 Å². The number of aromatic nitrogens is 3. The predicted molar refractivity (Wildman–Crippen MR) is 105 cm³/mol. The maximum atomic E-state index is 10.9. The molecule has 0 aliphatic heterocycles. The Morgan fingerprint density at radius 3 is 2.86 bits per heavy atom. The first-order valence-corrected chi connectivity index (χ1v) is 8.64. The molecule has 10 heteroatoms. The topological polar surface area (TPSA) is 119 Å². The molecule has 0 fully saturated rings. The van der Waals surface area contributed by atoms with Gasteiger partial charge in [-0.1, -0.05) is 17.7 Å². The van der Waals surface area contributed by atoms with Crippen molar-refractivity contribution in [2.75, 3.05) is 0 Å². The number of aromatic amines is 1. The molecule has 1 aromatic heterocycles. The number of rotatable bonds is 6. The molecule has 0 saturated heterocycles. The molecule has 2 N–H and O–H groups in total. The number of nitrogens with zero attached hydrogens (tertiary/aromatic N) is 4. The summed E-state index contributed by atoms with van der Waals surface area (Å²) < 4.78 is 7.43. The van der Waals surface area contributed by atoms with Gasteiger partial charge in [0.15, 0.2) is 11.6 Å². The summed E-state index contributed by atoms with van der Waals surface area (Å²) in [5, 5.41) is 31.4. The fourth-order valence-corrected chi connectivity index (χ4v) is 2.73. The van der Waals surface area contributed by atoms with Crippen molar-refractivity contribution in [1.82, 2.24) is 14.9 Å². The van der Waals surface area contributed by atoms with Gasteiger partial charge in [0.2, 0.25) is 4.77 Å². The highest BCUT2D eigenvalue weighted by molar-refractivity contribution is 7.71. The summed E-state index contributed by atoms with van der Waals surface area (Å²) in [4.78, 5) is 10.3. The number of ether oxygens (including phenoxy) is 1. The van der Waals surface area contributed by atoms with Crippen LogP contribution in [-0.2, 0) is 6.61 Å². The number of hydrogen-bond donors (Lipinski definition) is 2. The van der Waals surface area contributed by atoms with Crippen LogP contribution in [0.25, 0.3) is 0 Å². The fraction of sp³-hybridized carbons (Fsp3) is 0.167. The molecule has 0 unspecified atom stereocenters. The Balaban J connectivity index is 1.81. The molecule has 3 rings (SSSR count). The SMILES string of the molecule is Cc1ccc(OCc2n[nH]c(=S)n2/N=C\c2ccc(O)c([N+](=O)[O-])c2)c(C)c1. The van der Waals surface area contributed by atoms with Crippen LogP contribution in [0.2, 0.25) is 0 Å². The highest BCUT2D eigenvalue weighted by Crippen LogP contribution is 2.25. The third-order valence-electron chi connectivity index (χ3n) is 3.92. The summed E-state index contributed by atoms with van der Waals surface area (Å²) in [5.41, 5.74) is 2.16. The number of nitro benzene ring substituents is 1. The Bertz CT molecular complexity index is 1120. The highest BCUT2D eigenvalue weighted by atomic mass is 32.1. The van der Waals surface area contributed by atoms with Crippen LogP contribution in [0, 0.1) is 28.7 Å². The van der Waals surface area contributed by atoms with Crippen LogP contribution >= 0.6 is 12.2 Å². The molecule has 0 amide bonds. The van der Waals surface area contributed by atoms with Crippen molar-refractivity contribution in [2.24, 2.45) is 5.10 Å². The first-order chi connectivity index (χ1) is 13.3. The zero-order valence-corrected chi connectivity index (χ0v) is 15.9. The summed E-state index contributed by atoms with van der Waals surface area (Å²) in [5.74, 6) is 0.753. The Hall–Kier alpha value is -3.53.